The Morgan fingerprint density at radius 1 is 0.758 bits per heavy atom. The molecule has 3 saturated heterocycles. The van der Waals surface area contributed by atoms with Gasteiger partial charge in [-0.3, -0.25) is 4.79 Å². The third-order valence-corrected chi connectivity index (χ3v) is 11.3. The fourth-order valence-electron chi connectivity index (χ4n) is 5.51. The molecule has 7 nitrogen and oxygen atoms in total. The fourth-order valence-corrected chi connectivity index (χ4v) is 8.90. The molecule has 3 fully saturated rings. The predicted molar refractivity (Wildman–Crippen MR) is 124 cm³/mol. The summed E-state index contributed by atoms with van der Waals surface area (Å²) < 4.78 is 53.2. The van der Waals surface area contributed by atoms with Crippen LogP contribution >= 0.6 is 0 Å². The number of carbonyl (C=O) groups excluding carboxylic acids is 1. The number of benzene rings is 2. The van der Waals surface area contributed by atoms with E-state index in [4.69, 9.17) is 0 Å². The zero-order valence-electron chi connectivity index (χ0n) is 18.3. The number of sulfonamides is 1. The van der Waals surface area contributed by atoms with Crippen molar-refractivity contribution in [3.8, 4) is 0 Å². The molecule has 33 heavy (non-hydrogen) atoms. The molecule has 0 radical (unpaired) electrons. The van der Waals surface area contributed by atoms with Gasteiger partial charge in [0.15, 0.2) is 9.84 Å². The SMILES string of the molecule is O=C(c1ccc(S(=O)(=O)N2CCCC2)cc1)N1C2CCC1CC(S(=O)(=O)c1ccccc1)C2. The van der Waals surface area contributed by atoms with Crippen molar-refractivity contribution in [3.63, 3.8) is 0 Å². The highest BCUT2D eigenvalue weighted by Gasteiger charge is 2.47. The number of nitrogens with zero attached hydrogens (tertiary/aromatic N) is 2. The second-order valence-corrected chi connectivity index (χ2v) is 13.4. The molecule has 0 N–H and O–H groups in total. The Balaban J connectivity index is 1.32. The minimum absolute atomic E-state index is 0.118. The van der Waals surface area contributed by atoms with E-state index in [1.165, 1.54) is 16.4 Å². The van der Waals surface area contributed by atoms with Crippen LogP contribution in [0.1, 0.15) is 48.9 Å². The van der Waals surface area contributed by atoms with Gasteiger partial charge in [-0.2, -0.15) is 4.31 Å². The maximum absolute atomic E-state index is 13.3. The molecule has 3 aliphatic heterocycles. The number of carbonyl (C=O) groups is 1. The summed E-state index contributed by atoms with van der Waals surface area (Å²) >= 11 is 0. The van der Waals surface area contributed by atoms with Gasteiger partial charge in [-0.15, -0.1) is 0 Å². The molecule has 0 saturated carbocycles. The van der Waals surface area contributed by atoms with E-state index in [0.717, 1.165) is 25.7 Å². The summed E-state index contributed by atoms with van der Waals surface area (Å²) in [6.45, 7) is 1.07. The van der Waals surface area contributed by atoms with Crippen LogP contribution in [0.4, 0.5) is 0 Å². The molecular formula is C24H28N2O5S2. The highest BCUT2D eigenvalue weighted by atomic mass is 32.2. The Morgan fingerprint density at radius 3 is 1.91 bits per heavy atom. The van der Waals surface area contributed by atoms with Crippen LogP contribution in [0.25, 0.3) is 0 Å². The van der Waals surface area contributed by atoms with Crippen LogP contribution in [0.3, 0.4) is 0 Å². The molecule has 0 aromatic heterocycles. The zero-order chi connectivity index (χ0) is 23.2. The molecular weight excluding hydrogens is 460 g/mol. The summed E-state index contributed by atoms with van der Waals surface area (Å²) in [5.41, 5.74) is 0.441. The number of amides is 1. The van der Waals surface area contributed by atoms with Crippen molar-refractivity contribution in [2.24, 2.45) is 0 Å². The van der Waals surface area contributed by atoms with Crippen LogP contribution in [0.5, 0.6) is 0 Å². The second kappa shape index (κ2) is 8.52. The van der Waals surface area contributed by atoms with Gasteiger partial charge in [-0.1, -0.05) is 18.2 Å². The highest BCUT2D eigenvalue weighted by molar-refractivity contribution is 7.92. The number of fused-ring (bicyclic) bond motifs is 2. The van der Waals surface area contributed by atoms with E-state index in [-0.39, 0.29) is 22.9 Å². The van der Waals surface area contributed by atoms with E-state index < -0.39 is 25.1 Å². The monoisotopic (exact) mass is 488 g/mol. The molecule has 9 heteroatoms. The van der Waals surface area contributed by atoms with E-state index in [0.29, 0.717) is 36.4 Å². The van der Waals surface area contributed by atoms with Crippen LogP contribution in [-0.4, -0.2) is 62.4 Å². The molecule has 1 amide bonds. The number of sulfone groups is 1. The second-order valence-electron chi connectivity index (χ2n) is 9.18. The number of hydrogen-bond acceptors (Lipinski definition) is 5. The Kier molecular flexibility index (Phi) is 5.83. The van der Waals surface area contributed by atoms with E-state index in [1.807, 2.05) is 4.90 Å². The Labute approximate surface area is 195 Å². The normalized spacial score (nSPS) is 25.9. The largest absolute Gasteiger partial charge is 0.333 e. The molecule has 176 valence electrons. The Morgan fingerprint density at radius 2 is 1.33 bits per heavy atom. The summed E-state index contributed by atoms with van der Waals surface area (Å²) in [4.78, 5) is 15.7. The quantitative estimate of drug-likeness (QED) is 0.645. The fraction of sp³-hybridized carbons (Fsp3) is 0.458. The number of piperidine rings is 1. The van der Waals surface area contributed by atoms with E-state index in [1.54, 1.807) is 42.5 Å². The lowest BCUT2D eigenvalue weighted by molar-refractivity contribution is 0.0598. The van der Waals surface area contributed by atoms with Crippen LogP contribution < -0.4 is 0 Å². The van der Waals surface area contributed by atoms with Gasteiger partial charge in [-0.05, 0) is 74.9 Å². The van der Waals surface area contributed by atoms with Gasteiger partial charge in [0.1, 0.15) is 0 Å². The third kappa shape index (κ3) is 4.00. The van der Waals surface area contributed by atoms with Gasteiger partial charge in [-0.25, -0.2) is 16.8 Å². The van der Waals surface area contributed by atoms with Crippen molar-refractivity contribution < 1.29 is 21.6 Å². The summed E-state index contributed by atoms with van der Waals surface area (Å²) in [5.74, 6) is -0.150. The van der Waals surface area contributed by atoms with Crippen LogP contribution in [0, 0.1) is 0 Å². The molecule has 2 unspecified atom stereocenters. The van der Waals surface area contributed by atoms with Gasteiger partial charge in [0, 0.05) is 30.7 Å². The molecule has 2 aromatic carbocycles. The van der Waals surface area contributed by atoms with Crippen LogP contribution in [0.2, 0.25) is 0 Å². The first kappa shape index (κ1) is 22.6. The average molecular weight is 489 g/mol. The number of rotatable bonds is 5. The van der Waals surface area contributed by atoms with Crippen molar-refractivity contribution in [3.05, 3.63) is 60.2 Å². The van der Waals surface area contributed by atoms with E-state index in [9.17, 15) is 21.6 Å². The lowest BCUT2D eigenvalue weighted by Gasteiger charge is -2.38. The van der Waals surface area contributed by atoms with Crippen LogP contribution in [0.15, 0.2) is 64.4 Å². The Bertz CT molecular complexity index is 1220. The topological polar surface area (TPSA) is 91.8 Å². The maximum atomic E-state index is 13.3. The highest BCUT2D eigenvalue weighted by Crippen LogP contribution is 2.40. The minimum Gasteiger partial charge on any atom is -0.333 e. The molecule has 0 spiro atoms. The molecule has 2 aromatic rings. The van der Waals surface area contributed by atoms with Crippen molar-refractivity contribution in [2.75, 3.05) is 13.1 Å². The average Bonchev–Trinajstić information content (AvgIpc) is 3.46. The summed E-state index contributed by atoms with van der Waals surface area (Å²) in [7, 11) is -6.96. The van der Waals surface area contributed by atoms with Crippen LogP contribution in [-0.2, 0) is 19.9 Å². The predicted octanol–water partition coefficient (Wildman–Crippen LogP) is 3.08. The molecule has 5 rings (SSSR count). The maximum Gasteiger partial charge on any atom is 0.254 e. The molecule has 3 aliphatic rings. The first-order valence-electron chi connectivity index (χ1n) is 11.5. The zero-order valence-corrected chi connectivity index (χ0v) is 20.0. The molecule has 2 bridgehead atoms. The molecule has 0 aliphatic carbocycles. The molecule has 2 atom stereocenters. The number of hydrogen-bond donors (Lipinski definition) is 0. The van der Waals surface area contributed by atoms with Gasteiger partial charge in [0.05, 0.1) is 15.0 Å². The summed E-state index contributed by atoms with van der Waals surface area (Å²) in [5, 5.41) is -0.491. The van der Waals surface area contributed by atoms with Crippen molar-refractivity contribution in [1.82, 2.24) is 9.21 Å². The van der Waals surface area contributed by atoms with E-state index >= 15 is 0 Å². The Hall–Kier alpha value is -2.23. The third-order valence-electron chi connectivity index (χ3n) is 7.24. The van der Waals surface area contributed by atoms with Gasteiger partial charge in [0.2, 0.25) is 10.0 Å². The van der Waals surface area contributed by atoms with Gasteiger partial charge >= 0.3 is 0 Å². The van der Waals surface area contributed by atoms with Gasteiger partial charge in [0.25, 0.3) is 5.91 Å². The van der Waals surface area contributed by atoms with E-state index in [2.05, 4.69) is 0 Å². The van der Waals surface area contributed by atoms with Crippen molar-refractivity contribution in [1.29, 1.82) is 0 Å². The standard InChI is InChI=1S/C24H28N2O5S2/c27-24(18-8-12-22(13-9-18)33(30,31)25-14-4-5-15-25)26-19-10-11-20(26)17-23(16-19)32(28,29)21-6-2-1-3-7-21/h1-3,6-9,12-13,19-20,23H,4-5,10-11,14-17H2. The lowest BCUT2D eigenvalue weighted by atomic mass is 10.0. The summed E-state index contributed by atoms with van der Waals surface area (Å²) in [6.07, 6.45) is 4.18. The van der Waals surface area contributed by atoms with Crippen molar-refractivity contribution >= 4 is 25.8 Å². The first-order valence-corrected chi connectivity index (χ1v) is 14.5. The van der Waals surface area contributed by atoms with Crippen molar-refractivity contribution in [2.45, 2.75) is 65.6 Å². The first-order chi connectivity index (χ1) is 15.8. The summed E-state index contributed by atoms with van der Waals surface area (Å²) in [6, 6.07) is 14.5. The molecule has 3 heterocycles. The lowest BCUT2D eigenvalue weighted by Crippen LogP contribution is -2.49. The minimum atomic E-state index is -3.52. The smallest absolute Gasteiger partial charge is 0.254 e. The van der Waals surface area contributed by atoms with Gasteiger partial charge < -0.3 is 4.90 Å².